The molecule has 1 aromatic rings. The standard InChI is InChI=1S/C12H16N2O2S/c1-16-7-2-8-17-10-5-3-9(4-6-10)11(13)12(14)15/h3-6,13H,2,7-8H2,1H3,(H2,14,15). The number of hydrogen-bond acceptors (Lipinski definition) is 4. The maximum atomic E-state index is 10.8. The number of thioether (sulfide) groups is 1. The van der Waals surface area contributed by atoms with Gasteiger partial charge >= 0.3 is 0 Å². The summed E-state index contributed by atoms with van der Waals surface area (Å²) >= 11 is 1.72. The van der Waals surface area contributed by atoms with Crippen molar-refractivity contribution >= 4 is 23.4 Å². The average molecular weight is 252 g/mol. The summed E-state index contributed by atoms with van der Waals surface area (Å²) in [5.74, 6) is 0.283. The summed E-state index contributed by atoms with van der Waals surface area (Å²) < 4.78 is 4.96. The lowest BCUT2D eigenvalue weighted by molar-refractivity contribution is -0.112. The Balaban J connectivity index is 2.50. The predicted molar refractivity (Wildman–Crippen MR) is 69.7 cm³/mol. The van der Waals surface area contributed by atoms with Crippen LogP contribution in [0, 0.1) is 5.41 Å². The SMILES string of the molecule is COCCCSc1ccc(C(=N)C(N)=O)cc1. The third-order valence-electron chi connectivity index (χ3n) is 2.15. The van der Waals surface area contributed by atoms with E-state index in [1.54, 1.807) is 31.0 Å². The number of ether oxygens (including phenoxy) is 1. The van der Waals surface area contributed by atoms with Crippen molar-refractivity contribution in [1.82, 2.24) is 0 Å². The Morgan fingerprint density at radius 1 is 1.41 bits per heavy atom. The molecule has 0 fully saturated rings. The van der Waals surface area contributed by atoms with Crippen LogP contribution in [0.2, 0.25) is 0 Å². The minimum atomic E-state index is -0.703. The number of nitrogens with one attached hydrogen (secondary N) is 1. The second-order valence-electron chi connectivity index (χ2n) is 3.46. The molecule has 0 aromatic heterocycles. The van der Waals surface area contributed by atoms with Crippen molar-refractivity contribution in [3.63, 3.8) is 0 Å². The Bertz CT molecular complexity index is 390. The molecule has 1 aromatic carbocycles. The molecule has 0 aliphatic rings. The van der Waals surface area contributed by atoms with Gasteiger partial charge in [-0.3, -0.25) is 10.2 Å². The summed E-state index contributed by atoms with van der Waals surface area (Å²) in [5.41, 5.74) is 5.44. The second-order valence-corrected chi connectivity index (χ2v) is 4.63. The lowest BCUT2D eigenvalue weighted by Gasteiger charge is -2.03. The maximum absolute atomic E-state index is 10.8. The van der Waals surface area contributed by atoms with E-state index in [1.165, 1.54) is 0 Å². The van der Waals surface area contributed by atoms with Gasteiger partial charge in [0, 0.05) is 29.9 Å². The molecule has 92 valence electrons. The van der Waals surface area contributed by atoms with Crippen LogP contribution in [0.4, 0.5) is 0 Å². The quantitative estimate of drug-likeness (QED) is 0.440. The summed E-state index contributed by atoms with van der Waals surface area (Å²) in [6.07, 6.45) is 1.00. The van der Waals surface area contributed by atoms with Crippen molar-refractivity contribution in [1.29, 1.82) is 5.41 Å². The van der Waals surface area contributed by atoms with Gasteiger partial charge < -0.3 is 10.5 Å². The van der Waals surface area contributed by atoms with E-state index in [0.717, 1.165) is 23.7 Å². The monoisotopic (exact) mass is 252 g/mol. The molecule has 0 heterocycles. The van der Waals surface area contributed by atoms with E-state index in [9.17, 15) is 4.79 Å². The van der Waals surface area contributed by atoms with Crippen LogP contribution in [0.5, 0.6) is 0 Å². The fraction of sp³-hybridized carbons (Fsp3) is 0.333. The van der Waals surface area contributed by atoms with Crippen LogP contribution in [-0.2, 0) is 9.53 Å². The van der Waals surface area contributed by atoms with E-state index in [2.05, 4.69) is 0 Å². The Morgan fingerprint density at radius 2 is 2.06 bits per heavy atom. The molecule has 0 saturated carbocycles. The van der Waals surface area contributed by atoms with E-state index in [4.69, 9.17) is 15.9 Å². The summed E-state index contributed by atoms with van der Waals surface area (Å²) in [6.45, 7) is 0.761. The number of nitrogens with two attached hydrogens (primary N) is 1. The normalized spacial score (nSPS) is 10.2. The average Bonchev–Trinajstić information content (AvgIpc) is 2.34. The molecule has 0 saturated heterocycles. The summed E-state index contributed by atoms with van der Waals surface area (Å²) in [5, 5.41) is 7.45. The van der Waals surface area contributed by atoms with Crippen molar-refractivity contribution in [2.75, 3.05) is 19.5 Å². The first-order valence-corrected chi connectivity index (χ1v) is 6.24. The Hall–Kier alpha value is -1.33. The van der Waals surface area contributed by atoms with Gasteiger partial charge in [0.15, 0.2) is 0 Å². The number of methoxy groups -OCH3 is 1. The zero-order chi connectivity index (χ0) is 12.7. The van der Waals surface area contributed by atoms with Gasteiger partial charge in [-0.25, -0.2) is 0 Å². The predicted octanol–water partition coefficient (Wildman–Crippen LogP) is 1.67. The molecule has 1 amide bonds. The third kappa shape index (κ3) is 4.58. The van der Waals surface area contributed by atoms with Gasteiger partial charge in [-0.05, 0) is 18.6 Å². The Labute approximate surface area is 105 Å². The first kappa shape index (κ1) is 13.7. The van der Waals surface area contributed by atoms with Crippen molar-refractivity contribution in [3.8, 4) is 0 Å². The molecule has 5 heteroatoms. The smallest absolute Gasteiger partial charge is 0.267 e. The highest BCUT2D eigenvalue weighted by molar-refractivity contribution is 7.99. The van der Waals surface area contributed by atoms with E-state index < -0.39 is 5.91 Å². The zero-order valence-corrected chi connectivity index (χ0v) is 10.5. The number of rotatable bonds is 7. The third-order valence-corrected chi connectivity index (χ3v) is 3.25. The number of amides is 1. The lowest BCUT2D eigenvalue weighted by atomic mass is 10.1. The minimum Gasteiger partial charge on any atom is -0.385 e. The number of benzene rings is 1. The summed E-state index contributed by atoms with van der Waals surface area (Å²) in [4.78, 5) is 11.9. The van der Waals surface area contributed by atoms with Crippen molar-refractivity contribution < 1.29 is 9.53 Å². The molecule has 0 spiro atoms. The molecule has 0 aliphatic heterocycles. The molecular formula is C12H16N2O2S. The Morgan fingerprint density at radius 3 is 2.59 bits per heavy atom. The molecule has 0 atom stereocenters. The topological polar surface area (TPSA) is 76.2 Å². The minimum absolute atomic E-state index is 0.152. The largest absolute Gasteiger partial charge is 0.385 e. The molecule has 4 nitrogen and oxygen atoms in total. The Kier molecular flexibility index (Phi) is 5.72. The summed E-state index contributed by atoms with van der Waals surface area (Å²) in [7, 11) is 1.69. The highest BCUT2D eigenvalue weighted by Gasteiger charge is 2.06. The van der Waals surface area contributed by atoms with Crippen molar-refractivity contribution in [2.45, 2.75) is 11.3 Å². The first-order chi connectivity index (χ1) is 8.15. The number of carbonyl (C=O) groups is 1. The lowest BCUT2D eigenvalue weighted by Crippen LogP contribution is -2.22. The first-order valence-electron chi connectivity index (χ1n) is 5.25. The zero-order valence-electron chi connectivity index (χ0n) is 9.73. The van der Waals surface area contributed by atoms with Crippen molar-refractivity contribution in [2.24, 2.45) is 5.73 Å². The molecule has 0 unspecified atom stereocenters. The molecule has 1 rings (SSSR count). The maximum Gasteiger partial charge on any atom is 0.267 e. The molecule has 17 heavy (non-hydrogen) atoms. The van der Waals surface area contributed by atoms with Gasteiger partial charge in [-0.15, -0.1) is 11.8 Å². The highest BCUT2D eigenvalue weighted by Crippen LogP contribution is 2.19. The van der Waals surface area contributed by atoms with Gasteiger partial charge in [0.2, 0.25) is 0 Å². The van der Waals surface area contributed by atoms with Crippen LogP contribution < -0.4 is 5.73 Å². The number of hydrogen-bond donors (Lipinski definition) is 2. The van der Waals surface area contributed by atoms with E-state index in [-0.39, 0.29) is 5.71 Å². The van der Waals surface area contributed by atoms with Gasteiger partial charge in [0.05, 0.1) is 0 Å². The van der Waals surface area contributed by atoms with E-state index >= 15 is 0 Å². The fourth-order valence-corrected chi connectivity index (χ4v) is 2.08. The van der Waals surface area contributed by atoms with Crippen molar-refractivity contribution in [3.05, 3.63) is 29.8 Å². The molecule has 3 N–H and O–H groups in total. The molecule has 0 radical (unpaired) electrons. The van der Waals surface area contributed by atoms with Crippen LogP contribution in [0.3, 0.4) is 0 Å². The molecule has 0 aliphatic carbocycles. The van der Waals surface area contributed by atoms with E-state index in [1.807, 2.05) is 12.1 Å². The van der Waals surface area contributed by atoms with Crippen LogP contribution in [-0.4, -0.2) is 31.1 Å². The van der Waals surface area contributed by atoms with Gasteiger partial charge in [-0.2, -0.15) is 0 Å². The van der Waals surface area contributed by atoms with Crippen LogP contribution >= 0.6 is 11.8 Å². The van der Waals surface area contributed by atoms with Gasteiger partial charge in [-0.1, -0.05) is 12.1 Å². The number of carbonyl (C=O) groups excluding carboxylic acids is 1. The second kappa shape index (κ2) is 7.09. The van der Waals surface area contributed by atoms with Crippen LogP contribution in [0.15, 0.2) is 29.2 Å². The van der Waals surface area contributed by atoms with E-state index in [0.29, 0.717) is 5.56 Å². The number of primary amides is 1. The molecule has 0 bridgehead atoms. The van der Waals surface area contributed by atoms with Gasteiger partial charge in [0.1, 0.15) is 5.71 Å². The summed E-state index contributed by atoms with van der Waals surface area (Å²) in [6, 6.07) is 7.27. The van der Waals surface area contributed by atoms with Crippen LogP contribution in [0.25, 0.3) is 0 Å². The molecular weight excluding hydrogens is 236 g/mol. The van der Waals surface area contributed by atoms with Crippen LogP contribution in [0.1, 0.15) is 12.0 Å². The highest BCUT2D eigenvalue weighted by atomic mass is 32.2. The van der Waals surface area contributed by atoms with Gasteiger partial charge in [0.25, 0.3) is 5.91 Å². The fourth-order valence-electron chi connectivity index (χ4n) is 1.25.